The molecule has 1 aliphatic rings. The van der Waals surface area contributed by atoms with E-state index < -0.39 is 6.10 Å². The third-order valence-electron chi connectivity index (χ3n) is 4.03. The first-order valence-electron chi connectivity index (χ1n) is 8.44. The second-order valence-corrected chi connectivity index (χ2v) is 7.29. The topological polar surface area (TPSA) is 70.6 Å². The Kier molecular flexibility index (Phi) is 4.68. The molecule has 0 bridgehead atoms. The predicted octanol–water partition coefficient (Wildman–Crippen LogP) is 3.64. The highest BCUT2D eigenvalue weighted by Gasteiger charge is 2.31. The normalized spacial score (nSPS) is 19.2. The van der Waals surface area contributed by atoms with Gasteiger partial charge in [-0.3, -0.25) is 0 Å². The summed E-state index contributed by atoms with van der Waals surface area (Å²) in [6.45, 7) is 5.95. The quantitative estimate of drug-likeness (QED) is 0.799. The molecule has 0 radical (unpaired) electrons. The van der Waals surface area contributed by atoms with Crippen LogP contribution in [-0.4, -0.2) is 22.8 Å². The summed E-state index contributed by atoms with van der Waals surface area (Å²) in [6.07, 6.45) is -0.0503. The van der Waals surface area contributed by atoms with Crippen LogP contribution in [0.1, 0.15) is 37.9 Å². The van der Waals surface area contributed by atoms with E-state index in [0.29, 0.717) is 12.1 Å². The zero-order valence-corrected chi connectivity index (χ0v) is 14.7. The maximum atomic E-state index is 12.3. The zero-order chi connectivity index (χ0) is 18.0. The monoisotopic (exact) mass is 340 g/mol. The maximum absolute atomic E-state index is 12.3. The number of hydrogen-bond donors (Lipinski definition) is 3. The molecule has 0 aliphatic heterocycles. The van der Waals surface area contributed by atoms with Crippen molar-refractivity contribution in [2.45, 2.75) is 44.9 Å². The van der Waals surface area contributed by atoms with Crippen LogP contribution in [0.5, 0.6) is 5.75 Å². The Morgan fingerprint density at radius 1 is 1.12 bits per heavy atom. The fourth-order valence-electron chi connectivity index (χ4n) is 3.02. The number of nitrogens with one attached hydrogen (secondary N) is 2. The minimum absolute atomic E-state index is 0.266. The molecule has 25 heavy (non-hydrogen) atoms. The summed E-state index contributed by atoms with van der Waals surface area (Å²) in [4.78, 5) is 12.3. The van der Waals surface area contributed by atoms with Gasteiger partial charge in [-0.15, -0.1) is 0 Å². The molecule has 0 unspecified atom stereocenters. The zero-order valence-electron chi connectivity index (χ0n) is 14.7. The van der Waals surface area contributed by atoms with E-state index >= 15 is 0 Å². The highest BCUT2D eigenvalue weighted by molar-refractivity contribution is 5.89. The Bertz CT molecular complexity index is 750. The van der Waals surface area contributed by atoms with E-state index in [-0.39, 0.29) is 17.7 Å². The van der Waals surface area contributed by atoms with Gasteiger partial charge in [0, 0.05) is 12.1 Å². The number of anilines is 1. The van der Waals surface area contributed by atoms with Gasteiger partial charge in [0.05, 0.1) is 12.1 Å². The summed E-state index contributed by atoms with van der Waals surface area (Å²) in [6, 6.07) is 14.3. The van der Waals surface area contributed by atoms with Gasteiger partial charge in [0.2, 0.25) is 0 Å². The van der Waals surface area contributed by atoms with Crippen molar-refractivity contribution in [1.29, 1.82) is 0 Å². The first kappa shape index (κ1) is 17.3. The second-order valence-electron chi connectivity index (χ2n) is 7.29. The van der Waals surface area contributed by atoms with Crippen molar-refractivity contribution >= 4 is 11.7 Å². The van der Waals surface area contributed by atoms with Crippen LogP contribution in [0.25, 0.3) is 0 Å². The van der Waals surface area contributed by atoms with Crippen molar-refractivity contribution in [1.82, 2.24) is 5.32 Å². The number of ether oxygens (including phenoxy) is 1. The summed E-state index contributed by atoms with van der Waals surface area (Å²) >= 11 is 0. The van der Waals surface area contributed by atoms with Gasteiger partial charge in [0.25, 0.3) is 0 Å². The lowest BCUT2D eigenvalue weighted by Crippen LogP contribution is -2.36. The lowest BCUT2D eigenvalue weighted by molar-refractivity contribution is 0.131. The van der Waals surface area contributed by atoms with Crippen molar-refractivity contribution in [2.75, 3.05) is 5.32 Å². The van der Waals surface area contributed by atoms with Crippen LogP contribution in [-0.2, 0) is 6.42 Å². The molecule has 0 aromatic heterocycles. The largest absolute Gasteiger partial charge is 0.488 e. The van der Waals surface area contributed by atoms with Crippen molar-refractivity contribution in [3.63, 3.8) is 0 Å². The molecule has 2 aromatic rings. The molecule has 132 valence electrons. The Morgan fingerprint density at radius 2 is 1.80 bits per heavy atom. The lowest BCUT2D eigenvalue weighted by atomic mass is 10.1. The molecule has 2 aromatic carbocycles. The molecule has 0 fully saturated rings. The number of fused-ring (bicyclic) bond motifs is 1. The van der Waals surface area contributed by atoms with E-state index in [0.717, 1.165) is 16.9 Å². The van der Waals surface area contributed by atoms with E-state index in [1.807, 2.05) is 57.2 Å². The molecule has 0 saturated carbocycles. The molecule has 5 heteroatoms. The molecular weight excluding hydrogens is 316 g/mol. The van der Waals surface area contributed by atoms with Gasteiger partial charge >= 0.3 is 6.03 Å². The van der Waals surface area contributed by atoms with Gasteiger partial charge in [-0.1, -0.05) is 24.3 Å². The predicted molar refractivity (Wildman–Crippen MR) is 97.9 cm³/mol. The highest BCUT2D eigenvalue weighted by Crippen LogP contribution is 2.31. The first-order chi connectivity index (χ1) is 11.8. The van der Waals surface area contributed by atoms with Gasteiger partial charge in [-0.2, -0.15) is 0 Å². The number of rotatable bonds is 3. The fraction of sp³-hybridized carbons (Fsp3) is 0.350. The highest BCUT2D eigenvalue weighted by atomic mass is 16.5. The number of aliphatic hydroxyl groups excluding tert-OH is 1. The summed E-state index contributed by atoms with van der Waals surface area (Å²) < 4.78 is 5.76. The molecule has 1 aliphatic carbocycles. The minimum atomic E-state index is -0.606. The Balaban J connectivity index is 1.61. The minimum Gasteiger partial charge on any atom is -0.488 e. The summed E-state index contributed by atoms with van der Waals surface area (Å²) in [7, 11) is 0. The van der Waals surface area contributed by atoms with Crippen LogP contribution in [0.4, 0.5) is 10.5 Å². The molecule has 2 atom stereocenters. The van der Waals surface area contributed by atoms with Crippen molar-refractivity contribution in [3.05, 3.63) is 59.7 Å². The Hall–Kier alpha value is -2.53. The van der Waals surface area contributed by atoms with Crippen LogP contribution in [0.3, 0.4) is 0 Å². The van der Waals surface area contributed by atoms with Crippen LogP contribution in [0.2, 0.25) is 0 Å². The summed E-state index contributed by atoms with van der Waals surface area (Å²) in [5.74, 6) is 0.749. The van der Waals surface area contributed by atoms with E-state index in [1.165, 1.54) is 0 Å². The van der Waals surface area contributed by atoms with Gasteiger partial charge in [-0.05, 0) is 56.2 Å². The van der Waals surface area contributed by atoms with Gasteiger partial charge in [-0.25, -0.2) is 4.79 Å². The average Bonchev–Trinajstić information content (AvgIpc) is 2.84. The molecule has 0 saturated heterocycles. The maximum Gasteiger partial charge on any atom is 0.319 e. The van der Waals surface area contributed by atoms with E-state index in [2.05, 4.69) is 10.6 Å². The Morgan fingerprint density at radius 3 is 2.48 bits per heavy atom. The average molecular weight is 340 g/mol. The molecule has 3 N–H and O–H groups in total. The number of hydrogen-bond acceptors (Lipinski definition) is 3. The molecule has 3 rings (SSSR count). The first-order valence-corrected chi connectivity index (χ1v) is 8.44. The Labute approximate surface area is 148 Å². The fourth-order valence-corrected chi connectivity index (χ4v) is 3.02. The molecule has 0 spiro atoms. The number of carbonyl (C=O) groups is 1. The molecule has 5 nitrogen and oxygen atoms in total. The van der Waals surface area contributed by atoms with Crippen molar-refractivity contribution in [2.24, 2.45) is 0 Å². The third-order valence-corrected chi connectivity index (χ3v) is 4.03. The van der Waals surface area contributed by atoms with Crippen molar-refractivity contribution < 1.29 is 14.6 Å². The van der Waals surface area contributed by atoms with Gasteiger partial charge < -0.3 is 20.5 Å². The van der Waals surface area contributed by atoms with Crippen LogP contribution < -0.4 is 15.4 Å². The number of aliphatic hydroxyl groups is 1. The lowest BCUT2D eigenvalue weighted by Gasteiger charge is -2.21. The number of urea groups is 1. The van der Waals surface area contributed by atoms with Gasteiger partial charge in [0.1, 0.15) is 11.4 Å². The summed E-state index contributed by atoms with van der Waals surface area (Å²) in [5.41, 5.74) is 2.45. The second kappa shape index (κ2) is 6.76. The number of benzene rings is 2. The van der Waals surface area contributed by atoms with E-state index in [4.69, 9.17) is 4.74 Å². The van der Waals surface area contributed by atoms with E-state index in [1.54, 1.807) is 12.1 Å². The smallest absolute Gasteiger partial charge is 0.319 e. The third kappa shape index (κ3) is 4.31. The van der Waals surface area contributed by atoms with E-state index in [9.17, 15) is 9.90 Å². The SMILES string of the molecule is CC(C)(C)Oc1ccc(NC(=O)N[C@@H]2c3ccccc3C[C@@H]2O)cc1. The standard InChI is InChI=1S/C20H24N2O3/c1-20(2,3)25-15-10-8-14(9-11-15)21-19(24)22-18-16-7-5-4-6-13(16)12-17(18)23/h4-11,17-18,23H,12H2,1-3H3,(H2,21,22,24)/t17-,18+/m0/s1. The molecule has 0 heterocycles. The van der Waals surface area contributed by atoms with Crippen LogP contribution in [0, 0.1) is 0 Å². The van der Waals surface area contributed by atoms with Crippen LogP contribution in [0.15, 0.2) is 48.5 Å². The molecular formula is C20H24N2O3. The number of amides is 2. The van der Waals surface area contributed by atoms with Crippen molar-refractivity contribution in [3.8, 4) is 5.75 Å². The number of carbonyl (C=O) groups excluding carboxylic acids is 1. The molecule has 2 amide bonds. The van der Waals surface area contributed by atoms with Crippen LogP contribution >= 0.6 is 0 Å². The van der Waals surface area contributed by atoms with Gasteiger partial charge in [0.15, 0.2) is 0 Å². The summed E-state index contributed by atoms with van der Waals surface area (Å²) in [5, 5.41) is 15.9.